The molecule has 1 aromatic carbocycles. The van der Waals surface area contributed by atoms with Gasteiger partial charge in [0.25, 0.3) is 0 Å². The molecule has 0 aliphatic rings. The Balaban J connectivity index is 2.34. The highest BCUT2D eigenvalue weighted by molar-refractivity contribution is 6.31. The van der Waals surface area contributed by atoms with Gasteiger partial charge >= 0.3 is 0 Å². The molecule has 112 valence electrons. The van der Waals surface area contributed by atoms with Gasteiger partial charge in [-0.25, -0.2) is 9.97 Å². The first kappa shape index (κ1) is 15.6. The third-order valence-corrected chi connectivity index (χ3v) is 4.02. The first-order chi connectivity index (χ1) is 10.1. The average Bonchev–Trinajstić information content (AvgIpc) is 2.49. The number of rotatable bonds is 5. The molecular weight excluding hydrogens is 284 g/mol. The van der Waals surface area contributed by atoms with Crippen molar-refractivity contribution in [1.29, 1.82) is 0 Å². The summed E-state index contributed by atoms with van der Waals surface area (Å²) in [6, 6.07) is 8.03. The van der Waals surface area contributed by atoms with E-state index in [4.69, 9.17) is 11.6 Å². The molecule has 5 heteroatoms. The average molecular weight is 305 g/mol. The van der Waals surface area contributed by atoms with E-state index >= 15 is 0 Å². The second-order valence-corrected chi connectivity index (χ2v) is 5.42. The summed E-state index contributed by atoms with van der Waals surface area (Å²) in [5.74, 6) is 1.79. The van der Waals surface area contributed by atoms with Crippen LogP contribution in [0, 0.1) is 6.92 Å². The van der Waals surface area contributed by atoms with Crippen molar-refractivity contribution in [2.24, 2.45) is 0 Å². The number of anilines is 2. The Hall–Kier alpha value is -1.81. The van der Waals surface area contributed by atoms with Crippen LogP contribution in [0.4, 0.5) is 11.6 Å². The molecule has 0 amide bonds. The minimum atomic E-state index is 0.127. The molecule has 4 nitrogen and oxygen atoms in total. The van der Waals surface area contributed by atoms with Gasteiger partial charge < -0.3 is 10.2 Å². The molecule has 0 fully saturated rings. The Kier molecular flexibility index (Phi) is 5.02. The maximum Gasteiger partial charge on any atom is 0.137 e. The zero-order valence-electron chi connectivity index (χ0n) is 12.9. The van der Waals surface area contributed by atoms with Crippen LogP contribution in [-0.4, -0.2) is 23.6 Å². The highest BCUT2D eigenvalue weighted by atomic mass is 35.5. The number of hydrogen-bond donors (Lipinski definition) is 1. The van der Waals surface area contributed by atoms with Crippen LogP contribution in [0.2, 0.25) is 5.02 Å². The van der Waals surface area contributed by atoms with E-state index in [1.807, 2.05) is 38.2 Å². The van der Waals surface area contributed by atoms with E-state index < -0.39 is 0 Å². The quantitative estimate of drug-likeness (QED) is 0.904. The molecular formula is C16H21ClN4. The zero-order chi connectivity index (χ0) is 15.4. The molecule has 0 aliphatic carbocycles. The van der Waals surface area contributed by atoms with Crippen molar-refractivity contribution in [1.82, 2.24) is 9.97 Å². The second kappa shape index (κ2) is 6.76. The summed E-state index contributed by atoms with van der Waals surface area (Å²) < 4.78 is 0. The smallest absolute Gasteiger partial charge is 0.137 e. The lowest BCUT2D eigenvalue weighted by Gasteiger charge is -2.28. The van der Waals surface area contributed by atoms with Crippen LogP contribution < -0.4 is 10.2 Å². The number of nitrogens with one attached hydrogen (secondary N) is 1. The standard InChI is InChI=1S/C16H21ClN4/c1-5-18-15-11(2)16(20-10-19-15)21(4)12(3)13-8-6-7-9-14(13)17/h6-10,12H,5H2,1-4H3,(H,18,19,20). The summed E-state index contributed by atoms with van der Waals surface area (Å²) in [5.41, 5.74) is 2.13. The molecule has 1 atom stereocenters. The number of benzene rings is 1. The van der Waals surface area contributed by atoms with Gasteiger partial charge in [-0.2, -0.15) is 0 Å². The predicted octanol–water partition coefficient (Wildman–Crippen LogP) is 4.07. The molecule has 0 saturated heterocycles. The first-order valence-corrected chi connectivity index (χ1v) is 7.46. The second-order valence-electron chi connectivity index (χ2n) is 5.01. The lowest BCUT2D eigenvalue weighted by Crippen LogP contribution is -2.24. The van der Waals surface area contributed by atoms with Crippen molar-refractivity contribution in [3.8, 4) is 0 Å². The Bertz CT molecular complexity index is 615. The van der Waals surface area contributed by atoms with Gasteiger partial charge in [-0.15, -0.1) is 0 Å². The van der Waals surface area contributed by atoms with E-state index in [2.05, 4.69) is 34.0 Å². The third-order valence-electron chi connectivity index (χ3n) is 3.67. The van der Waals surface area contributed by atoms with Gasteiger partial charge in [0.15, 0.2) is 0 Å². The van der Waals surface area contributed by atoms with Crippen molar-refractivity contribution in [3.05, 3.63) is 46.7 Å². The molecule has 2 aromatic rings. The minimum Gasteiger partial charge on any atom is -0.370 e. The molecule has 2 rings (SSSR count). The Labute approximate surface area is 131 Å². The molecule has 0 bridgehead atoms. The van der Waals surface area contributed by atoms with E-state index in [1.165, 1.54) is 0 Å². The van der Waals surface area contributed by atoms with Gasteiger partial charge in [0.2, 0.25) is 0 Å². The molecule has 0 radical (unpaired) electrons. The van der Waals surface area contributed by atoms with Gasteiger partial charge in [0.1, 0.15) is 18.0 Å². The summed E-state index contributed by atoms with van der Waals surface area (Å²) in [6.07, 6.45) is 1.59. The van der Waals surface area contributed by atoms with Gasteiger partial charge in [0, 0.05) is 24.2 Å². The van der Waals surface area contributed by atoms with Gasteiger partial charge in [0.05, 0.1) is 6.04 Å². The van der Waals surface area contributed by atoms with Crippen molar-refractivity contribution in [2.75, 3.05) is 23.8 Å². The van der Waals surface area contributed by atoms with Crippen LogP contribution in [-0.2, 0) is 0 Å². The zero-order valence-corrected chi connectivity index (χ0v) is 13.6. The Morgan fingerprint density at radius 2 is 2.00 bits per heavy atom. The molecule has 0 spiro atoms. The SMILES string of the molecule is CCNc1ncnc(N(C)C(C)c2ccccc2Cl)c1C. The van der Waals surface area contributed by atoms with Gasteiger partial charge in [-0.1, -0.05) is 29.8 Å². The van der Waals surface area contributed by atoms with Gasteiger partial charge in [-0.05, 0) is 32.4 Å². The van der Waals surface area contributed by atoms with E-state index in [0.717, 1.165) is 34.3 Å². The number of nitrogens with zero attached hydrogens (tertiary/aromatic N) is 3. The highest BCUT2D eigenvalue weighted by Gasteiger charge is 2.18. The van der Waals surface area contributed by atoms with Crippen molar-refractivity contribution in [3.63, 3.8) is 0 Å². The number of halogens is 1. The predicted molar refractivity (Wildman–Crippen MR) is 89.2 cm³/mol. The van der Waals surface area contributed by atoms with E-state index in [-0.39, 0.29) is 6.04 Å². The Morgan fingerprint density at radius 1 is 1.29 bits per heavy atom. The number of hydrogen-bond acceptors (Lipinski definition) is 4. The maximum atomic E-state index is 6.30. The van der Waals surface area contributed by atoms with E-state index in [0.29, 0.717) is 0 Å². The normalized spacial score (nSPS) is 12.0. The molecule has 1 heterocycles. The molecule has 0 saturated carbocycles. The Morgan fingerprint density at radius 3 is 2.67 bits per heavy atom. The maximum absolute atomic E-state index is 6.30. The van der Waals surface area contributed by atoms with Crippen LogP contribution in [0.5, 0.6) is 0 Å². The minimum absolute atomic E-state index is 0.127. The largest absolute Gasteiger partial charge is 0.370 e. The fourth-order valence-electron chi connectivity index (χ4n) is 2.35. The summed E-state index contributed by atoms with van der Waals surface area (Å²) in [6.45, 7) is 7.04. The van der Waals surface area contributed by atoms with Crippen LogP contribution >= 0.6 is 11.6 Å². The molecule has 1 unspecified atom stereocenters. The fraction of sp³-hybridized carbons (Fsp3) is 0.375. The topological polar surface area (TPSA) is 41.1 Å². The van der Waals surface area contributed by atoms with Crippen LogP contribution in [0.1, 0.15) is 31.0 Å². The van der Waals surface area contributed by atoms with Crippen molar-refractivity contribution in [2.45, 2.75) is 26.8 Å². The lowest BCUT2D eigenvalue weighted by molar-refractivity contribution is 0.724. The molecule has 1 N–H and O–H groups in total. The monoisotopic (exact) mass is 304 g/mol. The fourth-order valence-corrected chi connectivity index (χ4v) is 2.64. The molecule has 1 aromatic heterocycles. The summed E-state index contributed by atoms with van der Waals surface area (Å²) in [7, 11) is 2.03. The third kappa shape index (κ3) is 3.27. The van der Waals surface area contributed by atoms with Crippen LogP contribution in [0.15, 0.2) is 30.6 Å². The highest BCUT2D eigenvalue weighted by Crippen LogP contribution is 2.31. The van der Waals surface area contributed by atoms with Crippen LogP contribution in [0.25, 0.3) is 0 Å². The number of aromatic nitrogens is 2. The van der Waals surface area contributed by atoms with Crippen molar-refractivity contribution >= 4 is 23.2 Å². The van der Waals surface area contributed by atoms with Crippen molar-refractivity contribution < 1.29 is 0 Å². The lowest BCUT2D eigenvalue weighted by atomic mass is 10.1. The van der Waals surface area contributed by atoms with E-state index in [1.54, 1.807) is 6.33 Å². The van der Waals surface area contributed by atoms with Gasteiger partial charge in [-0.3, -0.25) is 0 Å². The summed E-state index contributed by atoms with van der Waals surface area (Å²) in [5, 5.41) is 4.03. The molecule has 21 heavy (non-hydrogen) atoms. The first-order valence-electron chi connectivity index (χ1n) is 7.09. The van der Waals surface area contributed by atoms with E-state index in [9.17, 15) is 0 Å². The van der Waals surface area contributed by atoms with Crippen LogP contribution in [0.3, 0.4) is 0 Å². The molecule has 0 aliphatic heterocycles. The summed E-state index contributed by atoms with van der Waals surface area (Å²) >= 11 is 6.30. The summed E-state index contributed by atoms with van der Waals surface area (Å²) in [4.78, 5) is 10.8.